The number of hydrogen-bond acceptors (Lipinski definition) is 4. The highest BCUT2D eigenvalue weighted by Crippen LogP contribution is 2.31. The van der Waals surface area contributed by atoms with Gasteiger partial charge in [0.1, 0.15) is 5.15 Å². The van der Waals surface area contributed by atoms with Crippen LogP contribution in [0.2, 0.25) is 5.15 Å². The SMILES string of the molecule is CCC1CCC(Nc2nc(Cl)ccc2[N+](=O)[O-])CC1. The summed E-state index contributed by atoms with van der Waals surface area (Å²) in [5, 5.41) is 14.4. The van der Waals surface area contributed by atoms with Crippen molar-refractivity contribution in [2.45, 2.75) is 45.1 Å². The minimum Gasteiger partial charge on any atom is -0.362 e. The first-order chi connectivity index (χ1) is 9.10. The van der Waals surface area contributed by atoms with E-state index in [2.05, 4.69) is 17.2 Å². The van der Waals surface area contributed by atoms with E-state index in [0.717, 1.165) is 18.8 Å². The fourth-order valence-electron chi connectivity index (χ4n) is 2.59. The van der Waals surface area contributed by atoms with Crippen LogP contribution >= 0.6 is 11.6 Å². The lowest BCUT2D eigenvalue weighted by Gasteiger charge is -2.28. The van der Waals surface area contributed by atoms with Crippen molar-refractivity contribution in [2.24, 2.45) is 5.92 Å². The molecule has 1 fully saturated rings. The fraction of sp³-hybridized carbons (Fsp3) is 0.615. The Balaban J connectivity index is 2.06. The molecule has 2 rings (SSSR count). The summed E-state index contributed by atoms with van der Waals surface area (Å²) in [6.07, 6.45) is 5.61. The molecule has 0 atom stereocenters. The number of anilines is 1. The molecule has 104 valence electrons. The third-order valence-corrected chi connectivity index (χ3v) is 4.01. The average molecular weight is 284 g/mol. The third-order valence-electron chi connectivity index (χ3n) is 3.80. The standard InChI is InChI=1S/C13H18ClN3O2/c1-2-9-3-5-10(6-4-9)15-13-11(17(18)19)7-8-12(14)16-13/h7-10H,2-6H2,1H3,(H,15,16). The summed E-state index contributed by atoms with van der Waals surface area (Å²) in [5.74, 6) is 1.08. The van der Waals surface area contributed by atoms with E-state index < -0.39 is 4.92 Å². The van der Waals surface area contributed by atoms with Crippen molar-refractivity contribution >= 4 is 23.1 Å². The van der Waals surface area contributed by atoms with Gasteiger partial charge in [-0.05, 0) is 37.7 Å². The first-order valence-corrected chi connectivity index (χ1v) is 7.05. The molecule has 0 bridgehead atoms. The van der Waals surface area contributed by atoms with E-state index in [1.54, 1.807) is 0 Å². The smallest absolute Gasteiger partial charge is 0.311 e. The molecule has 0 spiro atoms. The van der Waals surface area contributed by atoms with E-state index in [9.17, 15) is 10.1 Å². The zero-order chi connectivity index (χ0) is 13.8. The fourth-order valence-corrected chi connectivity index (χ4v) is 2.74. The molecular formula is C13H18ClN3O2. The zero-order valence-electron chi connectivity index (χ0n) is 10.9. The number of nitro groups is 1. The molecule has 0 aromatic carbocycles. The second-order valence-corrected chi connectivity index (χ2v) is 5.42. The van der Waals surface area contributed by atoms with Crippen LogP contribution in [0, 0.1) is 16.0 Å². The van der Waals surface area contributed by atoms with Crippen molar-refractivity contribution in [1.29, 1.82) is 0 Å². The minimum atomic E-state index is -0.427. The number of nitrogens with zero attached hydrogens (tertiary/aromatic N) is 2. The summed E-state index contributed by atoms with van der Waals surface area (Å²) in [7, 11) is 0. The molecular weight excluding hydrogens is 266 g/mol. The maximum atomic E-state index is 11.0. The largest absolute Gasteiger partial charge is 0.362 e. The summed E-state index contributed by atoms with van der Waals surface area (Å²) in [6, 6.07) is 3.10. The van der Waals surface area contributed by atoms with Gasteiger partial charge in [0.15, 0.2) is 0 Å². The number of nitrogens with one attached hydrogen (secondary N) is 1. The van der Waals surface area contributed by atoms with Gasteiger partial charge in [0, 0.05) is 12.1 Å². The topological polar surface area (TPSA) is 68.1 Å². The summed E-state index contributed by atoms with van der Waals surface area (Å²) in [6.45, 7) is 2.21. The predicted molar refractivity (Wildman–Crippen MR) is 75.6 cm³/mol. The quantitative estimate of drug-likeness (QED) is 0.515. The van der Waals surface area contributed by atoms with Gasteiger partial charge in [0.05, 0.1) is 4.92 Å². The number of halogens is 1. The molecule has 5 nitrogen and oxygen atoms in total. The van der Waals surface area contributed by atoms with Crippen LogP contribution in [-0.4, -0.2) is 15.9 Å². The zero-order valence-corrected chi connectivity index (χ0v) is 11.7. The Kier molecular flexibility index (Phi) is 4.58. The van der Waals surface area contributed by atoms with Gasteiger partial charge in [-0.1, -0.05) is 24.9 Å². The highest BCUT2D eigenvalue weighted by molar-refractivity contribution is 6.29. The van der Waals surface area contributed by atoms with Gasteiger partial charge in [0.25, 0.3) is 0 Å². The molecule has 1 aromatic rings. The molecule has 1 aliphatic carbocycles. The van der Waals surface area contributed by atoms with Gasteiger partial charge in [0.2, 0.25) is 5.82 Å². The lowest BCUT2D eigenvalue weighted by Crippen LogP contribution is -2.26. The highest BCUT2D eigenvalue weighted by Gasteiger charge is 2.23. The van der Waals surface area contributed by atoms with Crippen LogP contribution in [0.4, 0.5) is 11.5 Å². The van der Waals surface area contributed by atoms with Crippen LogP contribution in [0.25, 0.3) is 0 Å². The molecule has 0 radical (unpaired) electrons. The van der Waals surface area contributed by atoms with Crippen LogP contribution < -0.4 is 5.32 Å². The van der Waals surface area contributed by atoms with Gasteiger partial charge < -0.3 is 5.32 Å². The first-order valence-electron chi connectivity index (χ1n) is 6.67. The molecule has 0 saturated heterocycles. The van der Waals surface area contributed by atoms with E-state index in [1.807, 2.05) is 0 Å². The lowest BCUT2D eigenvalue weighted by molar-refractivity contribution is -0.384. The van der Waals surface area contributed by atoms with Crippen LogP contribution in [0.15, 0.2) is 12.1 Å². The second kappa shape index (κ2) is 6.19. The molecule has 0 unspecified atom stereocenters. The van der Waals surface area contributed by atoms with Crippen molar-refractivity contribution in [3.63, 3.8) is 0 Å². The minimum absolute atomic E-state index is 0.0120. The van der Waals surface area contributed by atoms with Crippen molar-refractivity contribution in [3.8, 4) is 0 Å². The monoisotopic (exact) mass is 283 g/mol. The molecule has 0 amide bonds. The van der Waals surface area contributed by atoms with Gasteiger partial charge >= 0.3 is 5.69 Å². The van der Waals surface area contributed by atoms with Crippen LogP contribution in [-0.2, 0) is 0 Å². The number of aromatic nitrogens is 1. The van der Waals surface area contributed by atoms with Crippen molar-refractivity contribution in [2.75, 3.05) is 5.32 Å². The van der Waals surface area contributed by atoms with Gasteiger partial charge in [-0.3, -0.25) is 10.1 Å². The Labute approximate surface area is 117 Å². The molecule has 1 heterocycles. The van der Waals surface area contributed by atoms with E-state index >= 15 is 0 Å². The summed E-state index contributed by atoms with van der Waals surface area (Å²) in [4.78, 5) is 14.6. The molecule has 19 heavy (non-hydrogen) atoms. The van der Waals surface area contributed by atoms with Crippen molar-refractivity contribution < 1.29 is 4.92 Å². The molecule has 1 aliphatic rings. The maximum absolute atomic E-state index is 11.0. The van der Waals surface area contributed by atoms with Gasteiger partial charge in [-0.25, -0.2) is 4.98 Å². The first kappa shape index (κ1) is 14.1. The van der Waals surface area contributed by atoms with Crippen molar-refractivity contribution in [1.82, 2.24) is 4.98 Å². The maximum Gasteiger partial charge on any atom is 0.311 e. The molecule has 0 aliphatic heterocycles. The van der Waals surface area contributed by atoms with E-state index in [0.29, 0.717) is 0 Å². The van der Waals surface area contributed by atoms with E-state index in [1.165, 1.54) is 31.4 Å². The van der Waals surface area contributed by atoms with E-state index in [4.69, 9.17) is 11.6 Å². The average Bonchev–Trinajstić information content (AvgIpc) is 2.39. The van der Waals surface area contributed by atoms with Crippen LogP contribution in [0.3, 0.4) is 0 Å². The molecule has 6 heteroatoms. The van der Waals surface area contributed by atoms with Gasteiger partial charge in [-0.2, -0.15) is 0 Å². The summed E-state index contributed by atoms with van der Waals surface area (Å²) >= 11 is 5.81. The Morgan fingerprint density at radius 2 is 2.11 bits per heavy atom. The third kappa shape index (κ3) is 3.56. The summed E-state index contributed by atoms with van der Waals surface area (Å²) < 4.78 is 0. The second-order valence-electron chi connectivity index (χ2n) is 5.03. The molecule has 1 saturated carbocycles. The molecule has 1 aromatic heterocycles. The van der Waals surface area contributed by atoms with Crippen molar-refractivity contribution in [3.05, 3.63) is 27.4 Å². The van der Waals surface area contributed by atoms with Crippen LogP contribution in [0.1, 0.15) is 39.0 Å². The Hall–Kier alpha value is -1.36. The highest BCUT2D eigenvalue weighted by atomic mass is 35.5. The number of pyridine rings is 1. The Morgan fingerprint density at radius 1 is 1.42 bits per heavy atom. The summed E-state index contributed by atoms with van der Waals surface area (Å²) in [5.41, 5.74) is -0.0120. The van der Waals surface area contributed by atoms with Crippen LogP contribution in [0.5, 0.6) is 0 Å². The lowest BCUT2D eigenvalue weighted by atomic mass is 9.84. The number of rotatable bonds is 4. The number of hydrogen-bond donors (Lipinski definition) is 1. The Bertz CT molecular complexity index is 459. The normalized spacial score (nSPS) is 23.1. The van der Waals surface area contributed by atoms with Gasteiger partial charge in [-0.15, -0.1) is 0 Å². The Morgan fingerprint density at radius 3 is 2.68 bits per heavy atom. The van der Waals surface area contributed by atoms with E-state index in [-0.39, 0.29) is 22.7 Å². The molecule has 1 N–H and O–H groups in total. The predicted octanol–water partition coefficient (Wildman–Crippen LogP) is 4.02.